The Morgan fingerprint density at radius 2 is 2.00 bits per heavy atom. The smallest absolute Gasteiger partial charge is 0.108 e. The quantitative estimate of drug-likeness (QED) is 0.792. The maximum Gasteiger partial charge on any atom is 0.108 e. The molecule has 0 amide bonds. The molecule has 0 aliphatic rings. The van der Waals surface area contributed by atoms with E-state index in [1.165, 1.54) is 0 Å². The number of aliphatic hydroxyl groups excluding tert-OH is 1. The van der Waals surface area contributed by atoms with Crippen molar-refractivity contribution in [3.05, 3.63) is 70.2 Å². The number of hydrogen-bond donors (Lipinski definition) is 1. The van der Waals surface area contributed by atoms with Gasteiger partial charge in [-0.05, 0) is 36.1 Å². The van der Waals surface area contributed by atoms with Crippen LogP contribution >= 0.6 is 11.3 Å². The second-order valence-corrected chi connectivity index (χ2v) is 5.51. The largest absolute Gasteiger partial charge is 0.383 e. The molecule has 19 heavy (non-hydrogen) atoms. The molecular formula is C15H14N2OS. The van der Waals surface area contributed by atoms with E-state index in [2.05, 4.69) is 5.10 Å². The van der Waals surface area contributed by atoms with Gasteiger partial charge in [-0.3, -0.25) is 0 Å². The Morgan fingerprint density at radius 3 is 2.68 bits per heavy atom. The van der Waals surface area contributed by atoms with Gasteiger partial charge in [0.2, 0.25) is 0 Å². The Bertz CT molecular complexity index is 672. The topological polar surface area (TPSA) is 38.1 Å². The number of aromatic nitrogens is 2. The summed E-state index contributed by atoms with van der Waals surface area (Å²) in [4.78, 5) is 1.14. The van der Waals surface area contributed by atoms with Crippen LogP contribution in [0, 0.1) is 6.92 Å². The molecular weight excluding hydrogens is 256 g/mol. The van der Waals surface area contributed by atoms with Crippen LogP contribution in [0.5, 0.6) is 0 Å². The molecule has 2 heterocycles. The van der Waals surface area contributed by atoms with Crippen molar-refractivity contribution in [2.45, 2.75) is 13.0 Å². The van der Waals surface area contributed by atoms with Crippen LogP contribution in [0.1, 0.15) is 22.1 Å². The van der Waals surface area contributed by atoms with Crippen LogP contribution in [-0.2, 0) is 0 Å². The monoisotopic (exact) mass is 270 g/mol. The van der Waals surface area contributed by atoms with Gasteiger partial charge < -0.3 is 5.11 Å². The van der Waals surface area contributed by atoms with E-state index in [-0.39, 0.29) is 0 Å². The second-order valence-electron chi connectivity index (χ2n) is 4.39. The molecule has 3 rings (SSSR count). The van der Waals surface area contributed by atoms with E-state index in [0.717, 1.165) is 21.7 Å². The SMILES string of the molecule is Cc1sccc1C(O)c1cnn(-c2ccccc2)c1. The summed E-state index contributed by atoms with van der Waals surface area (Å²) in [6.07, 6.45) is 2.98. The Hall–Kier alpha value is -1.91. The number of hydrogen-bond acceptors (Lipinski definition) is 3. The van der Waals surface area contributed by atoms with E-state index in [4.69, 9.17) is 0 Å². The molecule has 1 aromatic carbocycles. The number of aliphatic hydroxyl groups is 1. The Kier molecular flexibility index (Phi) is 3.19. The molecule has 4 heteroatoms. The van der Waals surface area contributed by atoms with Gasteiger partial charge in [0.15, 0.2) is 0 Å². The summed E-state index contributed by atoms with van der Waals surface area (Å²) in [5, 5.41) is 16.7. The van der Waals surface area contributed by atoms with Gasteiger partial charge >= 0.3 is 0 Å². The number of thiophene rings is 1. The van der Waals surface area contributed by atoms with Gasteiger partial charge in [-0.15, -0.1) is 11.3 Å². The van der Waals surface area contributed by atoms with E-state index in [1.807, 2.05) is 54.9 Å². The van der Waals surface area contributed by atoms with Crippen molar-refractivity contribution in [1.82, 2.24) is 9.78 Å². The molecule has 0 fully saturated rings. The van der Waals surface area contributed by atoms with Gasteiger partial charge in [0.05, 0.1) is 11.9 Å². The fraction of sp³-hybridized carbons (Fsp3) is 0.133. The third-order valence-electron chi connectivity index (χ3n) is 3.13. The second kappa shape index (κ2) is 4.99. The summed E-state index contributed by atoms with van der Waals surface area (Å²) in [7, 11) is 0. The van der Waals surface area contributed by atoms with Crippen LogP contribution in [0.4, 0.5) is 0 Å². The molecule has 3 nitrogen and oxygen atoms in total. The van der Waals surface area contributed by atoms with E-state index < -0.39 is 6.10 Å². The third-order valence-corrected chi connectivity index (χ3v) is 3.99. The Balaban J connectivity index is 1.92. The number of rotatable bonds is 3. The van der Waals surface area contributed by atoms with Gasteiger partial charge in [-0.1, -0.05) is 18.2 Å². The van der Waals surface area contributed by atoms with Crippen LogP contribution in [0.25, 0.3) is 5.69 Å². The van der Waals surface area contributed by atoms with Gasteiger partial charge in [0.1, 0.15) is 6.10 Å². The van der Waals surface area contributed by atoms with Crippen LogP contribution < -0.4 is 0 Å². The van der Waals surface area contributed by atoms with E-state index in [0.29, 0.717) is 0 Å². The summed E-state index contributed by atoms with van der Waals surface area (Å²) < 4.78 is 1.78. The Morgan fingerprint density at radius 1 is 1.21 bits per heavy atom. The first kappa shape index (κ1) is 12.1. The van der Waals surface area contributed by atoms with Crippen molar-refractivity contribution < 1.29 is 5.11 Å². The molecule has 0 radical (unpaired) electrons. The fourth-order valence-corrected chi connectivity index (χ4v) is 2.79. The number of para-hydroxylation sites is 1. The van der Waals surface area contributed by atoms with Crippen molar-refractivity contribution in [2.75, 3.05) is 0 Å². The normalized spacial score (nSPS) is 12.5. The molecule has 1 unspecified atom stereocenters. The van der Waals surface area contributed by atoms with E-state index >= 15 is 0 Å². The first-order valence-electron chi connectivity index (χ1n) is 6.08. The van der Waals surface area contributed by atoms with Gasteiger partial charge in [0.25, 0.3) is 0 Å². The van der Waals surface area contributed by atoms with Crippen molar-refractivity contribution in [3.63, 3.8) is 0 Å². The van der Waals surface area contributed by atoms with Crippen LogP contribution in [0.15, 0.2) is 54.2 Å². The standard InChI is InChI=1S/C15H14N2OS/c1-11-14(7-8-19-11)15(18)12-9-16-17(10-12)13-5-3-2-4-6-13/h2-10,15,18H,1H3. The zero-order valence-electron chi connectivity index (χ0n) is 10.5. The predicted octanol–water partition coefficient (Wildman–Crippen LogP) is 3.32. The van der Waals surface area contributed by atoms with Crippen LogP contribution in [0.3, 0.4) is 0 Å². The summed E-state index contributed by atoms with van der Waals surface area (Å²) in [6, 6.07) is 11.8. The maximum atomic E-state index is 10.4. The molecule has 0 aliphatic carbocycles. The average molecular weight is 270 g/mol. The van der Waals surface area contributed by atoms with Crippen LogP contribution in [-0.4, -0.2) is 14.9 Å². The first-order chi connectivity index (χ1) is 9.25. The van der Waals surface area contributed by atoms with Gasteiger partial charge in [-0.2, -0.15) is 5.10 Å². The zero-order valence-corrected chi connectivity index (χ0v) is 11.3. The lowest BCUT2D eigenvalue weighted by atomic mass is 10.1. The summed E-state index contributed by atoms with van der Waals surface area (Å²) >= 11 is 1.64. The molecule has 0 saturated carbocycles. The summed E-state index contributed by atoms with van der Waals surface area (Å²) in [6.45, 7) is 2.02. The molecule has 0 spiro atoms. The average Bonchev–Trinajstić information content (AvgIpc) is 3.08. The highest BCUT2D eigenvalue weighted by atomic mass is 32.1. The predicted molar refractivity (Wildman–Crippen MR) is 76.7 cm³/mol. The molecule has 0 saturated heterocycles. The minimum atomic E-state index is -0.608. The highest BCUT2D eigenvalue weighted by Gasteiger charge is 2.15. The minimum Gasteiger partial charge on any atom is -0.383 e. The minimum absolute atomic E-state index is 0.608. The van der Waals surface area contributed by atoms with Crippen LogP contribution in [0.2, 0.25) is 0 Å². The molecule has 96 valence electrons. The summed E-state index contributed by atoms with van der Waals surface area (Å²) in [5.74, 6) is 0. The highest BCUT2D eigenvalue weighted by Crippen LogP contribution is 2.28. The first-order valence-corrected chi connectivity index (χ1v) is 6.96. The van der Waals surface area contributed by atoms with Crippen molar-refractivity contribution in [1.29, 1.82) is 0 Å². The lowest BCUT2D eigenvalue weighted by Gasteiger charge is -2.07. The zero-order chi connectivity index (χ0) is 13.2. The van der Waals surface area contributed by atoms with Crippen molar-refractivity contribution in [3.8, 4) is 5.69 Å². The van der Waals surface area contributed by atoms with Crippen molar-refractivity contribution >= 4 is 11.3 Å². The lowest BCUT2D eigenvalue weighted by molar-refractivity contribution is 0.220. The van der Waals surface area contributed by atoms with Crippen molar-refractivity contribution in [2.24, 2.45) is 0 Å². The van der Waals surface area contributed by atoms with Gasteiger partial charge in [-0.25, -0.2) is 4.68 Å². The number of benzene rings is 1. The summed E-state index contributed by atoms with van der Waals surface area (Å²) in [5.41, 5.74) is 2.76. The molecule has 3 aromatic rings. The van der Waals surface area contributed by atoms with E-state index in [1.54, 1.807) is 22.2 Å². The third kappa shape index (κ3) is 2.32. The Labute approximate surface area is 115 Å². The molecule has 1 N–H and O–H groups in total. The number of nitrogens with zero attached hydrogens (tertiary/aromatic N) is 2. The number of aryl methyl sites for hydroxylation is 1. The molecule has 2 aromatic heterocycles. The highest BCUT2D eigenvalue weighted by molar-refractivity contribution is 7.10. The van der Waals surface area contributed by atoms with E-state index in [9.17, 15) is 5.11 Å². The lowest BCUT2D eigenvalue weighted by Crippen LogP contribution is -1.98. The maximum absolute atomic E-state index is 10.4. The molecule has 0 aliphatic heterocycles. The molecule has 0 bridgehead atoms. The molecule has 1 atom stereocenters. The van der Waals surface area contributed by atoms with Gasteiger partial charge in [0, 0.05) is 16.6 Å². The fourth-order valence-electron chi connectivity index (χ4n) is 2.06.